The quantitative estimate of drug-likeness (QED) is 0.619. The molecule has 2 aromatic rings. The lowest BCUT2D eigenvalue weighted by atomic mass is 10.2. The lowest BCUT2D eigenvalue weighted by molar-refractivity contribution is -0.124. The van der Waals surface area contributed by atoms with Gasteiger partial charge in [-0.1, -0.05) is 17.7 Å². The van der Waals surface area contributed by atoms with Gasteiger partial charge in [-0.15, -0.1) is 0 Å². The van der Waals surface area contributed by atoms with Crippen LogP contribution in [-0.2, 0) is 9.59 Å². The average molecular weight is 348 g/mol. The molecule has 0 saturated carbocycles. The fourth-order valence-corrected chi connectivity index (χ4v) is 2.10. The highest BCUT2D eigenvalue weighted by molar-refractivity contribution is 6.31. The molecule has 1 aromatic carbocycles. The summed E-state index contributed by atoms with van der Waals surface area (Å²) in [4.78, 5) is 23.7. The first-order chi connectivity index (χ1) is 11.5. The van der Waals surface area contributed by atoms with Gasteiger partial charge >= 0.3 is 0 Å². The highest BCUT2D eigenvalue weighted by atomic mass is 35.5. The fourth-order valence-electron chi connectivity index (χ4n) is 1.92. The van der Waals surface area contributed by atoms with Crippen molar-refractivity contribution in [2.24, 2.45) is 5.10 Å². The Labute approximate surface area is 144 Å². The van der Waals surface area contributed by atoms with Gasteiger partial charge in [0.15, 0.2) is 0 Å². The smallest absolute Gasteiger partial charge is 0.240 e. The lowest BCUT2D eigenvalue weighted by Crippen LogP contribution is -2.21. The van der Waals surface area contributed by atoms with Crippen LogP contribution in [0.2, 0.25) is 5.02 Å². The first-order valence-corrected chi connectivity index (χ1v) is 7.77. The molecule has 0 unspecified atom stereocenters. The van der Waals surface area contributed by atoms with E-state index in [9.17, 15) is 9.59 Å². The number of anilines is 1. The standard InChI is InChI=1S/C17H18ClN3O3/c1-11-13(18)5-3-6-14(11)19-16(22)8-9-17(23)21-20-12(2)15-7-4-10-24-15/h3-7,10H,8-9H2,1-2H3,(H,19,22)(H,21,23)/b20-12-. The van der Waals surface area contributed by atoms with E-state index in [-0.39, 0.29) is 24.7 Å². The SMILES string of the molecule is C/C(=N/NC(=O)CCC(=O)Nc1cccc(Cl)c1C)c1ccco1. The molecule has 24 heavy (non-hydrogen) atoms. The zero-order valence-corrected chi connectivity index (χ0v) is 14.2. The third-order valence-corrected chi connectivity index (χ3v) is 3.76. The Hall–Kier alpha value is -2.60. The van der Waals surface area contributed by atoms with Crippen molar-refractivity contribution >= 4 is 34.8 Å². The van der Waals surface area contributed by atoms with Gasteiger partial charge in [-0.25, -0.2) is 5.43 Å². The van der Waals surface area contributed by atoms with Crippen molar-refractivity contribution in [3.63, 3.8) is 0 Å². The third kappa shape index (κ3) is 4.96. The van der Waals surface area contributed by atoms with Crippen LogP contribution >= 0.6 is 11.6 Å². The maximum absolute atomic E-state index is 11.9. The number of nitrogens with zero attached hydrogens (tertiary/aromatic N) is 1. The molecule has 1 heterocycles. The van der Waals surface area contributed by atoms with Gasteiger partial charge in [0, 0.05) is 23.6 Å². The number of nitrogens with one attached hydrogen (secondary N) is 2. The molecular weight excluding hydrogens is 330 g/mol. The van der Waals surface area contributed by atoms with E-state index in [1.807, 2.05) is 6.92 Å². The molecule has 0 aliphatic rings. The first-order valence-electron chi connectivity index (χ1n) is 7.39. The van der Waals surface area contributed by atoms with Crippen LogP contribution in [0.15, 0.2) is 46.1 Å². The Balaban J connectivity index is 1.80. The average Bonchev–Trinajstić information content (AvgIpc) is 3.09. The van der Waals surface area contributed by atoms with Crippen LogP contribution in [0, 0.1) is 6.92 Å². The highest BCUT2D eigenvalue weighted by Crippen LogP contribution is 2.23. The van der Waals surface area contributed by atoms with Crippen LogP contribution in [0.3, 0.4) is 0 Å². The number of hydrazone groups is 1. The molecule has 0 saturated heterocycles. The Morgan fingerprint density at radius 1 is 1.17 bits per heavy atom. The first kappa shape index (κ1) is 17.7. The monoisotopic (exact) mass is 347 g/mol. The van der Waals surface area contributed by atoms with Gasteiger partial charge in [-0.2, -0.15) is 5.10 Å². The summed E-state index contributed by atoms with van der Waals surface area (Å²) in [5, 5.41) is 7.24. The van der Waals surface area contributed by atoms with Crippen LogP contribution in [-0.4, -0.2) is 17.5 Å². The highest BCUT2D eigenvalue weighted by Gasteiger charge is 2.09. The van der Waals surface area contributed by atoms with Crippen LogP contribution in [0.1, 0.15) is 31.1 Å². The van der Waals surface area contributed by atoms with Crippen molar-refractivity contribution in [3.05, 3.63) is 52.9 Å². The summed E-state index contributed by atoms with van der Waals surface area (Å²) in [6.45, 7) is 3.53. The van der Waals surface area contributed by atoms with E-state index in [2.05, 4.69) is 15.8 Å². The number of carbonyl (C=O) groups excluding carboxylic acids is 2. The molecule has 2 rings (SSSR count). The molecule has 6 nitrogen and oxygen atoms in total. The summed E-state index contributed by atoms with van der Waals surface area (Å²) in [6, 6.07) is 8.74. The molecule has 0 fully saturated rings. The molecule has 0 radical (unpaired) electrons. The predicted molar refractivity (Wildman–Crippen MR) is 93.1 cm³/mol. The van der Waals surface area contributed by atoms with E-state index < -0.39 is 0 Å². The zero-order chi connectivity index (χ0) is 17.5. The lowest BCUT2D eigenvalue weighted by Gasteiger charge is -2.09. The van der Waals surface area contributed by atoms with Crippen molar-refractivity contribution in [2.45, 2.75) is 26.7 Å². The number of halogens is 1. The second-order valence-electron chi connectivity index (χ2n) is 5.17. The summed E-state index contributed by atoms with van der Waals surface area (Å²) in [7, 11) is 0. The Morgan fingerprint density at radius 2 is 1.92 bits per heavy atom. The molecule has 0 bridgehead atoms. The minimum atomic E-state index is -0.348. The van der Waals surface area contributed by atoms with Crippen LogP contribution in [0.5, 0.6) is 0 Å². The maximum Gasteiger partial charge on any atom is 0.240 e. The Bertz CT molecular complexity index is 754. The molecule has 126 valence electrons. The second kappa shape index (κ2) is 8.31. The van der Waals surface area contributed by atoms with E-state index in [4.69, 9.17) is 16.0 Å². The summed E-state index contributed by atoms with van der Waals surface area (Å²) < 4.78 is 5.16. The van der Waals surface area contributed by atoms with Crippen molar-refractivity contribution in [3.8, 4) is 0 Å². The van der Waals surface area contributed by atoms with E-state index >= 15 is 0 Å². The number of amides is 2. The molecule has 7 heteroatoms. The normalized spacial score (nSPS) is 11.2. The Morgan fingerprint density at radius 3 is 2.62 bits per heavy atom. The summed E-state index contributed by atoms with van der Waals surface area (Å²) in [6.07, 6.45) is 1.60. The molecule has 2 amide bonds. The van der Waals surface area contributed by atoms with Gasteiger partial charge < -0.3 is 9.73 Å². The van der Waals surface area contributed by atoms with Crippen molar-refractivity contribution in [2.75, 3.05) is 5.32 Å². The Kier molecular flexibility index (Phi) is 6.14. The van der Waals surface area contributed by atoms with Gasteiger partial charge in [0.05, 0.1) is 6.26 Å². The van der Waals surface area contributed by atoms with E-state index in [0.717, 1.165) is 5.56 Å². The van der Waals surface area contributed by atoms with Gasteiger partial charge in [-0.05, 0) is 43.7 Å². The molecule has 0 atom stereocenters. The molecule has 0 aliphatic carbocycles. The van der Waals surface area contributed by atoms with Gasteiger partial charge in [0.1, 0.15) is 11.5 Å². The topological polar surface area (TPSA) is 83.7 Å². The molecule has 2 N–H and O–H groups in total. The van der Waals surface area contributed by atoms with Gasteiger partial charge in [-0.3, -0.25) is 9.59 Å². The largest absolute Gasteiger partial charge is 0.463 e. The van der Waals surface area contributed by atoms with Crippen molar-refractivity contribution in [1.82, 2.24) is 5.43 Å². The number of hydrogen-bond donors (Lipinski definition) is 2. The van der Waals surface area contributed by atoms with Crippen molar-refractivity contribution in [1.29, 1.82) is 0 Å². The molecule has 0 spiro atoms. The van der Waals surface area contributed by atoms with E-state index in [0.29, 0.717) is 22.2 Å². The van der Waals surface area contributed by atoms with E-state index in [1.54, 1.807) is 37.3 Å². The molecule has 0 aliphatic heterocycles. The third-order valence-electron chi connectivity index (χ3n) is 3.35. The maximum atomic E-state index is 11.9. The zero-order valence-electron chi connectivity index (χ0n) is 13.4. The van der Waals surface area contributed by atoms with Crippen LogP contribution in [0.4, 0.5) is 5.69 Å². The number of benzene rings is 1. The summed E-state index contributed by atoms with van der Waals surface area (Å²) >= 11 is 6.00. The minimum absolute atomic E-state index is 0.0282. The number of hydrogen-bond acceptors (Lipinski definition) is 4. The van der Waals surface area contributed by atoms with Gasteiger partial charge in [0.25, 0.3) is 0 Å². The van der Waals surface area contributed by atoms with Crippen molar-refractivity contribution < 1.29 is 14.0 Å². The predicted octanol–water partition coefficient (Wildman–Crippen LogP) is 3.50. The molecular formula is C17H18ClN3O3. The number of furan rings is 1. The fraction of sp³-hybridized carbons (Fsp3) is 0.235. The second-order valence-corrected chi connectivity index (χ2v) is 5.58. The number of rotatable bonds is 6. The molecule has 1 aromatic heterocycles. The van der Waals surface area contributed by atoms with Gasteiger partial charge in [0.2, 0.25) is 11.8 Å². The van der Waals surface area contributed by atoms with E-state index in [1.165, 1.54) is 6.26 Å². The number of carbonyl (C=O) groups is 2. The minimum Gasteiger partial charge on any atom is -0.463 e. The van der Waals surface area contributed by atoms with Crippen LogP contribution in [0.25, 0.3) is 0 Å². The summed E-state index contributed by atoms with van der Waals surface area (Å²) in [5.74, 6) is -0.0365. The summed E-state index contributed by atoms with van der Waals surface area (Å²) in [5.41, 5.74) is 4.37. The van der Waals surface area contributed by atoms with Crippen LogP contribution < -0.4 is 10.7 Å².